The van der Waals surface area contributed by atoms with Gasteiger partial charge < -0.3 is 15.0 Å². The van der Waals surface area contributed by atoms with Crippen LogP contribution in [0.5, 0.6) is 0 Å². The van der Waals surface area contributed by atoms with Gasteiger partial charge in [-0.2, -0.15) is 5.26 Å². The van der Waals surface area contributed by atoms with Crippen molar-refractivity contribution >= 4 is 11.8 Å². The number of hydrogen-bond acceptors (Lipinski definition) is 5. The van der Waals surface area contributed by atoms with Crippen molar-refractivity contribution in [3.05, 3.63) is 0 Å². The molecule has 0 aromatic carbocycles. The zero-order chi connectivity index (χ0) is 13.4. The fraction of sp³-hybridized carbons (Fsp3) is 0.727. The van der Waals surface area contributed by atoms with Crippen LogP contribution >= 0.6 is 0 Å². The van der Waals surface area contributed by atoms with Gasteiger partial charge in [-0.3, -0.25) is 14.9 Å². The Kier molecular flexibility index (Phi) is 6.11. The van der Waals surface area contributed by atoms with E-state index in [1.807, 2.05) is 6.07 Å². The van der Waals surface area contributed by atoms with E-state index in [-0.39, 0.29) is 31.3 Å². The van der Waals surface area contributed by atoms with Gasteiger partial charge in [0.2, 0.25) is 11.8 Å². The van der Waals surface area contributed by atoms with E-state index in [1.54, 1.807) is 12.0 Å². The van der Waals surface area contributed by atoms with Crippen LogP contribution in [-0.2, 0) is 14.3 Å². The molecule has 1 saturated heterocycles. The Labute approximate surface area is 106 Å². The number of piperazine rings is 1. The van der Waals surface area contributed by atoms with Crippen LogP contribution in [0.3, 0.4) is 0 Å². The maximum Gasteiger partial charge on any atom is 0.241 e. The van der Waals surface area contributed by atoms with E-state index in [9.17, 15) is 9.59 Å². The largest absolute Gasteiger partial charge is 0.383 e. The van der Waals surface area contributed by atoms with Crippen molar-refractivity contribution in [2.75, 3.05) is 39.9 Å². The summed E-state index contributed by atoms with van der Waals surface area (Å²) < 4.78 is 4.94. The Balaban J connectivity index is 2.51. The summed E-state index contributed by atoms with van der Waals surface area (Å²) in [6.45, 7) is 1.69. The van der Waals surface area contributed by atoms with Crippen LogP contribution in [0.1, 0.15) is 6.42 Å². The minimum Gasteiger partial charge on any atom is -0.383 e. The molecule has 7 nitrogen and oxygen atoms in total. The molecule has 1 rings (SSSR count). The number of amides is 2. The van der Waals surface area contributed by atoms with Crippen LogP contribution < -0.4 is 10.6 Å². The Bertz CT molecular complexity index is 330. The van der Waals surface area contributed by atoms with Crippen molar-refractivity contribution in [1.82, 2.24) is 15.5 Å². The average Bonchev–Trinajstić information content (AvgIpc) is 2.39. The molecule has 1 atom stereocenters. The molecule has 1 aliphatic rings. The lowest BCUT2D eigenvalue weighted by molar-refractivity contribution is -0.135. The van der Waals surface area contributed by atoms with E-state index in [0.29, 0.717) is 19.7 Å². The molecule has 1 fully saturated rings. The van der Waals surface area contributed by atoms with Gasteiger partial charge in [0.05, 0.1) is 25.6 Å². The number of carbonyl (C=O) groups excluding carboxylic acids is 2. The lowest BCUT2D eigenvalue weighted by Gasteiger charge is -2.29. The molecule has 0 bridgehead atoms. The molecule has 0 aliphatic carbocycles. The predicted octanol–water partition coefficient (Wildman–Crippen LogP) is -1.54. The van der Waals surface area contributed by atoms with Crippen molar-refractivity contribution < 1.29 is 14.3 Å². The van der Waals surface area contributed by atoms with Crippen LogP contribution in [0.4, 0.5) is 0 Å². The minimum atomic E-state index is -0.418. The molecule has 0 aromatic heterocycles. The zero-order valence-electron chi connectivity index (χ0n) is 10.4. The Morgan fingerprint density at radius 2 is 2.39 bits per heavy atom. The molecule has 0 aromatic rings. The second-order valence-corrected chi connectivity index (χ2v) is 3.96. The summed E-state index contributed by atoms with van der Waals surface area (Å²) in [6.07, 6.45) is 0.286. The lowest BCUT2D eigenvalue weighted by atomic mass is 10.2. The molecule has 0 radical (unpaired) electrons. The van der Waals surface area contributed by atoms with Gasteiger partial charge in [0, 0.05) is 26.7 Å². The molecule has 2 N–H and O–H groups in total. The summed E-state index contributed by atoms with van der Waals surface area (Å²) in [4.78, 5) is 24.7. The van der Waals surface area contributed by atoms with Crippen LogP contribution in [0, 0.1) is 11.3 Å². The van der Waals surface area contributed by atoms with Gasteiger partial charge >= 0.3 is 0 Å². The summed E-state index contributed by atoms with van der Waals surface area (Å²) in [5.41, 5.74) is 0. The predicted molar refractivity (Wildman–Crippen MR) is 63.5 cm³/mol. The van der Waals surface area contributed by atoms with E-state index in [0.717, 1.165) is 0 Å². The maximum absolute atomic E-state index is 12.2. The van der Waals surface area contributed by atoms with Crippen molar-refractivity contribution in [2.24, 2.45) is 0 Å². The number of ether oxygens (including phenoxy) is 1. The molecule has 1 aliphatic heterocycles. The number of hydrogen-bond donors (Lipinski definition) is 2. The van der Waals surface area contributed by atoms with Crippen molar-refractivity contribution in [2.45, 2.75) is 12.5 Å². The highest BCUT2D eigenvalue weighted by molar-refractivity contribution is 5.86. The monoisotopic (exact) mass is 254 g/mol. The SMILES string of the molecule is COCCN(CCC#N)C(=O)C1CNC(=O)CN1. The van der Waals surface area contributed by atoms with E-state index in [4.69, 9.17) is 10.00 Å². The summed E-state index contributed by atoms with van der Waals surface area (Å²) in [6, 6.07) is 1.60. The second kappa shape index (κ2) is 7.63. The van der Waals surface area contributed by atoms with Crippen LogP contribution in [0.25, 0.3) is 0 Å². The highest BCUT2D eigenvalue weighted by Crippen LogP contribution is 1.99. The molecule has 0 saturated carbocycles. The highest BCUT2D eigenvalue weighted by Gasteiger charge is 2.27. The molecule has 18 heavy (non-hydrogen) atoms. The van der Waals surface area contributed by atoms with Crippen molar-refractivity contribution in [3.8, 4) is 6.07 Å². The zero-order valence-corrected chi connectivity index (χ0v) is 10.4. The molecular formula is C11H18N4O3. The van der Waals surface area contributed by atoms with Crippen LogP contribution in [0.2, 0.25) is 0 Å². The second-order valence-electron chi connectivity index (χ2n) is 3.96. The minimum absolute atomic E-state index is 0.109. The fourth-order valence-electron chi connectivity index (χ4n) is 1.68. The Morgan fingerprint density at radius 1 is 1.61 bits per heavy atom. The molecule has 7 heteroatoms. The van der Waals surface area contributed by atoms with Gasteiger partial charge in [0.15, 0.2) is 0 Å². The Hall–Kier alpha value is -1.65. The first kappa shape index (κ1) is 14.4. The van der Waals surface area contributed by atoms with Gasteiger partial charge in [-0.25, -0.2) is 0 Å². The standard InChI is InChI=1S/C11H18N4O3/c1-18-6-5-15(4-2-3-12)11(17)9-7-14-10(16)8-13-9/h9,13H,2,4-8H2,1H3,(H,14,16). The topological polar surface area (TPSA) is 94.5 Å². The average molecular weight is 254 g/mol. The number of methoxy groups -OCH3 is 1. The quantitative estimate of drug-likeness (QED) is 0.599. The molecule has 0 spiro atoms. The summed E-state index contributed by atoms with van der Waals surface area (Å²) in [7, 11) is 1.56. The van der Waals surface area contributed by atoms with E-state index < -0.39 is 6.04 Å². The first-order chi connectivity index (χ1) is 8.69. The van der Waals surface area contributed by atoms with E-state index >= 15 is 0 Å². The smallest absolute Gasteiger partial charge is 0.241 e. The number of rotatable bonds is 6. The van der Waals surface area contributed by atoms with Gasteiger partial charge in [-0.05, 0) is 0 Å². The Morgan fingerprint density at radius 3 is 2.94 bits per heavy atom. The number of carbonyl (C=O) groups is 2. The molecular weight excluding hydrogens is 236 g/mol. The first-order valence-electron chi connectivity index (χ1n) is 5.83. The number of nitrogens with one attached hydrogen (secondary N) is 2. The third-order valence-corrected chi connectivity index (χ3v) is 2.68. The normalized spacial score (nSPS) is 18.9. The van der Waals surface area contributed by atoms with Crippen molar-refractivity contribution in [1.29, 1.82) is 5.26 Å². The van der Waals surface area contributed by atoms with Crippen LogP contribution in [-0.4, -0.2) is 62.7 Å². The molecule has 2 amide bonds. The number of nitriles is 1. The highest BCUT2D eigenvalue weighted by atomic mass is 16.5. The maximum atomic E-state index is 12.2. The first-order valence-corrected chi connectivity index (χ1v) is 5.83. The van der Waals surface area contributed by atoms with Gasteiger partial charge in [-0.1, -0.05) is 0 Å². The third-order valence-electron chi connectivity index (χ3n) is 2.68. The molecule has 1 heterocycles. The molecule has 1 unspecified atom stereocenters. The summed E-state index contributed by atoms with van der Waals surface area (Å²) in [5, 5.41) is 14.1. The van der Waals surface area contributed by atoms with E-state index in [2.05, 4.69) is 10.6 Å². The third kappa shape index (κ3) is 4.31. The van der Waals surface area contributed by atoms with Gasteiger partial charge in [0.1, 0.15) is 6.04 Å². The summed E-state index contributed by atoms with van der Waals surface area (Å²) >= 11 is 0. The van der Waals surface area contributed by atoms with E-state index in [1.165, 1.54) is 0 Å². The van der Waals surface area contributed by atoms with Gasteiger partial charge in [0.25, 0.3) is 0 Å². The number of nitrogens with zero attached hydrogens (tertiary/aromatic N) is 2. The van der Waals surface area contributed by atoms with Gasteiger partial charge in [-0.15, -0.1) is 0 Å². The fourth-order valence-corrected chi connectivity index (χ4v) is 1.68. The lowest BCUT2D eigenvalue weighted by Crippen LogP contribution is -2.59. The van der Waals surface area contributed by atoms with Crippen molar-refractivity contribution in [3.63, 3.8) is 0 Å². The van der Waals surface area contributed by atoms with Crippen LogP contribution in [0.15, 0.2) is 0 Å². The summed E-state index contributed by atoms with van der Waals surface area (Å²) in [5.74, 6) is -0.221. The molecule has 100 valence electrons.